The van der Waals surface area contributed by atoms with Crippen molar-refractivity contribution in [3.8, 4) is 0 Å². The van der Waals surface area contributed by atoms with E-state index in [9.17, 15) is 4.79 Å². The van der Waals surface area contributed by atoms with E-state index in [1.54, 1.807) is 40.3 Å². The molecule has 1 amide bonds. The summed E-state index contributed by atoms with van der Waals surface area (Å²) in [6.45, 7) is 3.51. The lowest BCUT2D eigenvalue weighted by molar-refractivity contribution is -0.0228. The Bertz CT molecular complexity index is 891. The van der Waals surface area contributed by atoms with Gasteiger partial charge in [0, 0.05) is 30.8 Å². The molecule has 0 aliphatic carbocycles. The smallest absolute Gasteiger partial charge is 0.259 e. The summed E-state index contributed by atoms with van der Waals surface area (Å²) in [7, 11) is 0. The first-order chi connectivity index (χ1) is 11.7. The number of rotatable bonds is 2. The molecular weight excluding hydrogens is 306 g/mol. The van der Waals surface area contributed by atoms with Gasteiger partial charge >= 0.3 is 0 Å². The van der Waals surface area contributed by atoms with Crippen molar-refractivity contribution in [2.45, 2.75) is 13.0 Å². The van der Waals surface area contributed by atoms with Crippen molar-refractivity contribution in [3.63, 3.8) is 0 Å². The molecular formula is C17H17N5O2. The lowest BCUT2D eigenvalue weighted by atomic mass is 10.1. The zero-order valence-electron chi connectivity index (χ0n) is 13.3. The molecule has 0 bridgehead atoms. The van der Waals surface area contributed by atoms with Crippen molar-refractivity contribution in [2.24, 2.45) is 0 Å². The minimum atomic E-state index is -0.140. The van der Waals surface area contributed by atoms with E-state index in [0.717, 1.165) is 11.3 Å². The molecule has 1 fully saturated rings. The zero-order chi connectivity index (χ0) is 16.5. The highest BCUT2D eigenvalue weighted by molar-refractivity contribution is 5.99. The molecule has 7 heteroatoms. The van der Waals surface area contributed by atoms with Gasteiger partial charge in [-0.1, -0.05) is 0 Å². The summed E-state index contributed by atoms with van der Waals surface area (Å²) in [4.78, 5) is 23.2. The van der Waals surface area contributed by atoms with E-state index in [0.29, 0.717) is 30.9 Å². The highest BCUT2D eigenvalue weighted by atomic mass is 16.5. The fourth-order valence-corrected chi connectivity index (χ4v) is 2.95. The van der Waals surface area contributed by atoms with Crippen LogP contribution in [0.4, 0.5) is 0 Å². The topological polar surface area (TPSA) is 72.6 Å². The lowest BCUT2D eigenvalue weighted by Crippen LogP contribution is -2.42. The van der Waals surface area contributed by atoms with Gasteiger partial charge in [0.2, 0.25) is 0 Å². The molecule has 4 rings (SSSR count). The molecule has 122 valence electrons. The Morgan fingerprint density at radius 2 is 2.25 bits per heavy atom. The molecule has 1 aliphatic heterocycles. The Balaban J connectivity index is 1.58. The van der Waals surface area contributed by atoms with Crippen molar-refractivity contribution in [3.05, 3.63) is 59.8 Å². The van der Waals surface area contributed by atoms with Crippen molar-refractivity contribution in [2.75, 3.05) is 19.7 Å². The minimum absolute atomic E-state index is 0.0669. The van der Waals surface area contributed by atoms with Crippen LogP contribution in [-0.4, -0.2) is 50.1 Å². The first-order valence-electron chi connectivity index (χ1n) is 7.84. The molecule has 0 aromatic carbocycles. The van der Waals surface area contributed by atoms with Crippen LogP contribution in [0.2, 0.25) is 0 Å². The van der Waals surface area contributed by atoms with E-state index in [1.165, 1.54) is 0 Å². The maximum Gasteiger partial charge on any atom is 0.259 e. The average Bonchev–Trinajstić information content (AvgIpc) is 3.05. The standard InChI is InChI=1S/C17H17N5O2/c1-12-9-13(3-5-18-12)15-11-21(7-8-24-15)17(23)14-10-20-22-6-2-4-19-16(14)22/h2-6,9-10,15H,7-8,11H2,1H3/t15-/m0/s1. The van der Waals surface area contributed by atoms with Gasteiger partial charge in [-0.3, -0.25) is 9.78 Å². The zero-order valence-corrected chi connectivity index (χ0v) is 13.3. The van der Waals surface area contributed by atoms with Gasteiger partial charge in [0.1, 0.15) is 11.7 Å². The third-order valence-corrected chi connectivity index (χ3v) is 4.16. The summed E-state index contributed by atoms with van der Waals surface area (Å²) in [6.07, 6.45) is 6.64. The van der Waals surface area contributed by atoms with Crippen LogP contribution in [0.5, 0.6) is 0 Å². The SMILES string of the molecule is Cc1cc([C@@H]2CN(C(=O)c3cnn4cccnc34)CCO2)ccn1. The number of fused-ring (bicyclic) bond motifs is 1. The second kappa shape index (κ2) is 6.01. The quantitative estimate of drug-likeness (QED) is 0.717. The van der Waals surface area contributed by atoms with Gasteiger partial charge in [-0.05, 0) is 30.7 Å². The predicted molar refractivity (Wildman–Crippen MR) is 86.6 cm³/mol. The van der Waals surface area contributed by atoms with Crippen LogP contribution in [0.25, 0.3) is 5.65 Å². The number of ether oxygens (including phenoxy) is 1. The summed E-state index contributed by atoms with van der Waals surface area (Å²) < 4.78 is 7.45. The Kier molecular flexibility index (Phi) is 3.70. The van der Waals surface area contributed by atoms with Crippen LogP contribution in [0, 0.1) is 6.92 Å². The van der Waals surface area contributed by atoms with Gasteiger partial charge < -0.3 is 9.64 Å². The van der Waals surface area contributed by atoms with Crippen molar-refractivity contribution < 1.29 is 9.53 Å². The molecule has 3 aromatic rings. The fraction of sp³-hybridized carbons (Fsp3) is 0.294. The highest BCUT2D eigenvalue weighted by Crippen LogP contribution is 2.24. The molecule has 0 N–H and O–H groups in total. The summed E-state index contributed by atoms with van der Waals surface area (Å²) in [5.74, 6) is -0.0669. The van der Waals surface area contributed by atoms with E-state index in [4.69, 9.17) is 4.74 Å². The van der Waals surface area contributed by atoms with Crippen LogP contribution in [-0.2, 0) is 4.74 Å². The summed E-state index contributed by atoms with van der Waals surface area (Å²) in [5.41, 5.74) is 3.07. The number of aromatic nitrogens is 4. The Hall–Kier alpha value is -2.80. The van der Waals surface area contributed by atoms with Crippen LogP contribution in [0.1, 0.15) is 27.7 Å². The maximum absolute atomic E-state index is 12.9. The van der Waals surface area contributed by atoms with Crippen molar-refractivity contribution in [1.82, 2.24) is 24.5 Å². The number of amides is 1. The molecule has 1 atom stereocenters. The van der Waals surface area contributed by atoms with Gasteiger partial charge in [-0.15, -0.1) is 0 Å². The number of hydrogen-bond donors (Lipinski definition) is 0. The van der Waals surface area contributed by atoms with Crippen LogP contribution in [0.15, 0.2) is 43.0 Å². The van der Waals surface area contributed by atoms with Gasteiger partial charge in [0.15, 0.2) is 5.65 Å². The van der Waals surface area contributed by atoms with Crippen LogP contribution in [0.3, 0.4) is 0 Å². The van der Waals surface area contributed by atoms with Crippen molar-refractivity contribution >= 4 is 11.6 Å². The van der Waals surface area contributed by atoms with E-state index in [-0.39, 0.29) is 12.0 Å². The van der Waals surface area contributed by atoms with E-state index < -0.39 is 0 Å². The molecule has 1 saturated heterocycles. The van der Waals surface area contributed by atoms with E-state index >= 15 is 0 Å². The molecule has 0 spiro atoms. The second-order valence-electron chi connectivity index (χ2n) is 5.79. The van der Waals surface area contributed by atoms with Crippen molar-refractivity contribution in [1.29, 1.82) is 0 Å². The number of nitrogens with zero attached hydrogens (tertiary/aromatic N) is 5. The fourth-order valence-electron chi connectivity index (χ4n) is 2.95. The Morgan fingerprint density at radius 1 is 1.33 bits per heavy atom. The molecule has 1 aliphatic rings. The summed E-state index contributed by atoms with van der Waals surface area (Å²) in [6, 6.07) is 5.71. The largest absolute Gasteiger partial charge is 0.370 e. The Labute approximate surface area is 138 Å². The second-order valence-corrected chi connectivity index (χ2v) is 5.79. The number of aryl methyl sites for hydroxylation is 1. The molecule has 24 heavy (non-hydrogen) atoms. The third-order valence-electron chi connectivity index (χ3n) is 4.16. The maximum atomic E-state index is 12.9. The van der Waals surface area contributed by atoms with Gasteiger partial charge in [0.25, 0.3) is 5.91 Å². The normalized spacial score (nSPS) is 18.0. The lowest BCUT2D eigenvalue weighted by Gasteiger charge is -2.33. The summed E-state index contributed by atoms with van der Waals surface area (Å²) >= 11 is 0. The molecule has 0 saturated carbocycles. The number of carbonyl (C=O) groups excluding carboxylic acids is 1. The molecule has 7 nitrogen and oxygen atoms in total. The molecule has 0 unspecified atom stereocenters. The first-order valence-corrected chi connectivity index (χ1v) is 7.84. The van der Waals surface area contributed by atoms with Gasteiger partial charge in [0.05, 0.1) is 19.3 Å². The first kappa shape index (κ1) is 14.8. The number of pyridine rings is 1. The van der Waals surface area contributed by atoms with E-state index in [1.807, 2.05) is 19.1 Å². The number of morpholine rings is 1. The van der Waals surface area contributed by atoms with Crippen LogP contribution < -0.4 is 0 Å². The monoisotopic (exact) mass is 323 g/mol. The average molecular weight is 323 g/mol. The van der Waals surface area contributed by atoms with E-state index in [2.05, 4.69) is 15.1 Å². The number of carbonyl (C=O) groups is 1. The summed E-state index contributed by atoms with van der Waals surface area (Å²) in [5, 5.41) is 4.19. The number of hydrogen-bond acceptors (Lipinski definition) is 5. The highest BCUT2D eigenvalue weighted by Gasteiger charge is 2.28. The Morgan fingerprint density at radius 3 is 3.12 bits per heavy atom. The molecule has 0 radical (unpaired) electrons. The van der Waals surface area contributed by atoms with Crippen LogP contribution >= 0.6 is 0 Å². The third kappa shape index (κ3) is 2.63. The van der Waals surface area contributed by atoms with Gasteiger partial charge in [-0.25, -0.2) is 9.50 Å². The molecule has 3 aromatic heterocycles. The minimum Gasteiger partial charge on any atom is -0.370 e. The van der Waals surface area contributed by atoms with Gasteiger partial charge in [-0.2, -0.15) is 5.10 Å². The predicted octanol–water partition coefficient (Wildman–Crippen LogP) is 1.65. The molecule has 4 heterocycles.